The smallest absolute Gasteiger partial charge is 0.207 e. The van der Waals surface area contributed by atoms with Gasteiger partial charge in [-0.25, -0.2) is 0 Å². The molecule has 1 aromatic carbocycles. The van der Waals surface area contributed by atoms with Crippen molar-refractivity contribution in [3.8, 4) is 23.0 Å². The number of phenols is 2. The molecule has 0 atom stereocenters. The first-order valence-electron chi connectivity index (χ1n) is 8.39. The molecule has 0 spiro atoms. The number of ether oxygens (including phenoxy) is 2. The Morgan fingerprint density at radius 1 is 1.08 bits per heavy atom. The monoisotopic (exact) mass is 336 g/mol. The number of aromatic hydroxyl groups is 2. The third-order valence-electron chi connectivity index (χ3n) is 4.38. The minimum absolute atomic E-state index is 0.0121. The highest BCUT2D eigenvalue weighted by molar-refractivity contribution is 5.67. The van der Waals surface area contributed by atoms with Gasteiger partial charge in [-0.05, 0) is 38.0 Å². The van der Waals surface area contributed by atoms with E-state index >= 15 is 0 Å². The molecule has 0 aliphatic heterocycles. The maximum absolute atomic E-state index is 10.7. The van der Waals surface area contributed by atoms with E-state index in [1.165, 1.54) is 19.8 Å². The second-order valence-electron chi connectivity index (χ2n) is 7.50. The molecule has 0 saturated carbocycles. The molecule has 1 aromatic rings. The molecule has 4 heteroatoms. The number of hydrogen-bond donors (Lipinski definition) is 2. The molecule has 0 radical (unpaired) electrons. The molecule has 0 fully saturated rings. The Morgan fingerprint density at radius 2 is 1.58 bits per heavy atom. The van der Waals surface area contributed by atoms with Gasteiger partial charge in [0.1, 0.15) is 0 Å². The lowest BCUT2D eigenvalue weighted by atomic mass is 9.77. The fourth-order valence-electron chi connectivity index (χ4n) is 3.26. The number of phenolic OH excluding ortho intramolecular Hbond substituents is 2. The second-order valence-corrected chi connectivity index (χ2v) is 7.50. The summed E-state index contributed by atoms with van der Waals surface area (Å²) in [6.07, 6.45) is 4.03. The van der Waals surface area contributed by atoms with Gasteiger partial charge in [0.15, 0.2) is 11.5 Å². The van der Waals surface area contributed by atoms with Crippen LogP contribution in [0.15, 0.2) is 11.6 Å². The Kier molecular flexibility index (Phi) is 6.58. The first-order chi connectivity index (χ1) is 11.1. The minimum Gasteiger partial charge on any atom is -0.504 e. The SMILES string of the molecule is COc1c(O)c(C)c(C(C)(C)C/C=C(\C)CC(C)C)c(O)c1OC. The lowest BCUT2D eigenvalue weighted by molar-refractivity contribution is 0.309. The van der Waals surface area contributed by atoms with Crippen molar-refractivity contribution in [1.29, 1.82) is 0 Å². The summed E-state index contributed by atoms with van der Waals surface area (Å²) < 4.78 is 10.5. The zero-order chi connectivity index (χ0) is 18.7. The van der Waals surface area contributed by atoms with Crippen molar-refractivity contribution >= 4 is 0 Å². The van der Waals surface area contributed by atoms with Crippen LogP contribution in [0, 0.1) is 12.8 Å². The Hall–Kier alpha value is -1.84. The Morgan fingerprint density at radius 3 is 2.04 bits per heavy atom. The molecule has 2 N–H and O–H groups in total. The molecule has 1 rings (SSSR count). The number of allylic oxidation sites excluding steroid dienone is 2. The molecule has 4 nitrogen and oxygen atoms in total. The van der Waals surface area contributed by atoms with Gasteiger partial charge in [0.2, 0.25) is 11.5 Å². The van der Waals surface area contributed by atoms with E-state index in [0.717, 1.165) is 12.8 Å². The number of benzene rings is 1. The van der Waals surface area contributed by atoms with E-state index in [1.54, 1.807) is 6.92 Å². The molecule has 0 heterocycles. The van der Waals surface area contributed by atoms with Crippen LogP contribution in [0.25, 0.3) is 0 Å². The van der Waals surface area contributed by atoms with E-state index in [-0.39, 0.29) is 28.4 Å². The normalized spacial score (nSPS) is 12.6. The van der Waals surface area contributed by atoms with Gasteiger partial charge in [0.25, 0.3) is 0 Å². The van der Waals surface area contributed by atoms with Crippen molar-refractivity contribution in [1.82, 2.24) is 0 Å². The average molecular weight is 336 g/mol. The molecule has 24 heavy (non-hydrogen) atoms. The molecule has 0 aliphatic rings. The van der Waals surface area contributed by atoms with Crippen LogP contribution in [0.2, 0.25) is 0 Å². The van der Waals surface area contributed by atoms with Crippen molar-refractivity contribution < 1.29 is 19.7 Å². The van der Waals surface area contributed by atoms with Gasteiger partial charge in [-0.1, -0.05) is 39.3 Å². The predicted octanol–water partition coefficient (Wildman–Crippen LogP) is 5.08. The Balaban J connectivity index is 3.36. The van der Waals surface area contributed by atoms with Crippen LogP contribution < -0.4 is 9.47 Å². The Bertz CT molecular complexity index is 613. The number of rotatable bonds is 7. The standard InChI is InChI=1S/C20H32O4/c1-12(2)11-13(3)9-10-20(5,6)15-14(4)16(21)18(23-7)19(24-8)17(15)22/h9,12,21-22H,10-11H2,1-8H3/b13-9+. The summed E-state index contributed by atoms with van der Waals surface area (Å²) in [5.74, 6) is 0.998. The molecule has 0 amide bonds. The van der Waals surface area contributed by atoms with Crippen LogP contribution in [0.1, 0.15) is 58.6 Å². The minimum atomic E-state index is -0.358. The van der Waals surface area contributed by atoms with E-state index < -0.39 is 0 Å². The van der Waals surface area contributed by atoms with Crippen molar-refractivity contribution in [3.05, 3.63) is 22.8 Å². The fourth-order valence-corrected chi connectivity index (χ4v) is 3.26. The molecule has 136 valence electrons. The molecule has 0 aliphatic carbocycles. The first-order valence-corrected chi connectivity index (χ1v) is 8.39. The summed E-state index contributed by atoms with van der Waals surface area (Å²) in [5, 5.41) is 21.2. The summed E-state index contributed by atoms with van der Waals surface area (Å²) >= 11 is 0. The third kappa shape index (κ3) is 4.16. The molecule has 0 saturated heterocycles. The predicted molar refractivity (Wildman–Crippen MR) is 98.5 cm³/mol. The van der Waals surface area contributed by atoms with Crippen LogP contribution >= 0.6 is 0 Å². The molecule has 0 unspecified atom stereocenters. The maximum atomic E-state index is 10.7. The second kappa shape index (κ2) is 7.82. The Labute approximate surface area is 146 Å². The number of hydrogen-bond acceptors (Lipinski definition) is 4. The van der Waals surface area contributed by atoms with Crippen LogP contribution in [0.5, 0.6) is 23.0 Å². The van der Waals surface area contributed by atoms with Gasteiger partial charge in [-0.15, -0.1) is 0 Å². The lowest BCUT2D eigenvalue weighted by Crippen LogP contribution is -2.19. The summed E-state index contributed by atoms with van der Waals surface area (Å²) in [7, 11) is 2.90. The molecular weight excluding hydrogens is 304 g/mol. The summed E-state index contributed by atoms with van der Waals surface area (Å²) in [5.41, 5.74) is 2.28. The van der Waals surface area contributed by atoms with Crippen LogP contribution in [0.4, 0.5) is 0 Å². The van der Waals surface area contributed by atoms with E-state index in [1.807, 2.05) is 0 Å². The van der Waals surface area contributed by atoms with E-state index in [0.29, 0.717) is 17.0 Å². The van der Waals surface area contributed by atoms with Gasteiger partial charge < -0.3 is 19.7 Å². The molecular formula is C20H32O4. The largest absolute Gasteiger partial charge is 0.504 e. The molecule has 0 bridgehead atoms. The van der Waals surface area contributed by atoms with E-state index in [9.17, 15) is 10.2 Å². The quantitative estimate of drug-likeness (QED) is 0.538. The van der Waals surface area contributed by atoms with Crippen molar-refractivity contribution in [3.63, 3.8) is 0 Å². The van der Waals surface area contributed by atoms with Gasteiger partial charge in [-0.2, -0.15) is 0 Å². The highest BCUT2D eigenvalue weighted by atomic mass is 16.5. The first kappa shape index (κ1) is 20.2. The number of methoxy groups -OCH3 is 2. The van der Waals surface area contributed by atoms with Gasteiger partial charge >= 0.3 is 0 Å². The highest BCUT2D eigenvalue weighted by Gasteiger charge is 2.32. The van der Waals surface area contributed by atoms with E-state index in [2.05, 4.69) is 40.7 Å². The van der Waals surface area contributed by atoms with Crippen molar-refractivity contribution in [2.45, 2.75) is 59.8 Å². The van der Waals surface area contributed by atoms with E-state index in [4.69, 9.17) is 9.47 Å². The topological polar surface area (TPSA) is 58.9 Å². The van der Waals surface area contributed by atoms with Gasteiger partial charge in [0, 0.05) is 11.1 Å². The van der Waals surface area contributed by atoms with Gasteiger partial charge in [0.05, 0.1) is 14.2 Å². The van der Waals surface area contributed by atoms with Gasteiger partial charge in [-0.3, -0.25) is 0 Å². The summed E-state index contributed by atoms with van der Waals surface area (Å²) in [6.45, 7) is 12.4. The zero-order valence-corrected chi connectivity index (χ0v) is 16.3. The lowest BCUT2D eigenvalue weighted by Gasteiger charge is -2.29. The average Bonchev–Trinajstić information content (AvgIpc) is 2.48. The fraction of sp³-hybridized carbons (Fsp3) is 0.600. The van der Waals surface area contributed by atoms with Crippen LogP contribution in [-0.4, -0.2) is 24.4 Å². The van der Waals surface area contributed by atoms with Crippen molar-refractivity contribution in [2.75, 3.05) is 14.2 Å². The molecule has 0 aromatic heterocycles. The summed E-state index contributed by atoms with van der Waals surface area (Å²) in [4.78, 5) is 0. The zero-order valence-electron chi connectivity index (χ0n) is 16.3. The van der Waals surface area contributed by atoms with Crippen LogP contribution in [-0.2, 0) is 5.41 Å². The highest BCUT2D eigenvalue weighted by Crippen LogP contribution is 2.52. The maximum Gasteiger partial charge on any atom is 0.207 e. The van der Waals surface area contributed by atoms with Crippen molar-refractivity contribution in [2.24, 2.45) is 5.92 Å². The van der Waals surface area contributed by atoms with Crippen LogP contribution in [0.3, 0.4) is 0 Å². The third-order valence-corrected chi connectivity index (χ3v) is 4.38. The summed E-state index contributed by atoms with van der Waals surface area (Å²) in [6, 6.07) is 0.